The molecular formula is C12H17BrN2O2. The summed E-state index contributed by atoms with van der Waals surface area (Å²) in [7, 11) is 1.82. The SMILES string of the molecule is CC1CNCC1C(=O)N(C)Cc1ccc(Br)o1. The molecule has 1 aromatic heterocycles. The van der Waals surface area contributed by atoms with Crippen LogP contribution in [0.25, 0.3) is 0 Å². The summed E-state index contributed by atoms with van der Waals surface area (Å²) in [6.07, 6.45) is 0. The molecule has 4 nitrogen and oxygen atoms in total. The zero-order chi connectivity index (χ0) is 12.4. The van der Waals surface area contributed by atoms with Crippen molar-refractivity contribution in [1.29, 1.82) is 0 Å². The van der Waals surface area contributed by atoms with Crippen molar-refractivity contribution in [3.05, 3.63) is 22.6 Å². The molecule has 0 saturated carbocycles. The van der Waals surface area contributed by atoms with E-state index in [1.807, 2.05) is 19.2 Å². The van der Waals surface area contributed by atoms with Crippen molar-refractivity contribution in [3.63, 3.8) is 0 Å². The lowest BCUT2D eigenvalue weighted by molar-refractivity contribution is -0.135. The quantitative estimate of drug-likeness (QED) is 0.927. The predicted molar refractivity (Wildman–Crippen MR) is 68.4 cm³/mol. The topological polar surface area (TPSA) is 45.5 Å². The molecule has 2 rings (SSSR count). The highest BCUT2D eigenvalue weighted by Crippen LogP contribution is 2.20. The third kappa shape index (κ3) is 2.90. The molecule has 0 aromatic carbocycles. The number of nitrogens with one attached hydrogen (secondary N) is 1. The van der Waals surface area contributed by atoms with Gasteiger partial charge in [0.15, 0.2) is 4.67 Å². The van der Waals surface area contributed by atoms with E-state index in [-0.39, 0.29) is 11.8 Å². The molecule has 1 fully saturated rings. The van der Waals surface area contributed by atoms with Crippen LogP contribution in [0.5, 0.6) is 0 Å². The van der Waals surface area contributed by atoms with Crippen molar-refractivity contribution in [2.75, 3.05) is 20.1 Å². The first-order valence-corrected chi connectivity index (χ1v) is 6.57. The summed E-state index contributed by atoms with van der Waals surface area (Å²) in [4.78, 5) is 13.9. The minimum atomic E-state index is 0.0957. The Morgan fingerprint density at radius 2 is 2.35 bits per heavy atom. The van der Waals surface area contributed by atoms with Gasteiger partial charge in [-0.15, -0.1) is 0 Å². The van der Waals surface area contributed by atoms with Crippen LogP contribution in [0.3, 0.4) is 0 Å². The number of amides is 1. The fourth-order valence-electron chi connectivity index (χ4n) is 2.17. The zero-order valence-corrected chi connectivity index (χ0v) is 11.7. The van der Waals surface area contributed by atoms with Gasteiger partial charge >= 0.3 is 0 Å². The highest BCUT2D eigenvalue weighted by Gasteiger charge is 2.31. The summed E-state index contributed by atoms with van der Waals surface area (Å²) in [5.74, 6) is 1.49. The maximum atomic E-state index is 12.2. The van der Waals surface area contributed by atoms with Crippen LogP contribution in [0.4, 0.5) is 0 Å². The lowest BCUT2D eigenvalue weighted by Gasteiger charge is -2.21. The van der Waals surface area contributed by atoms with Gasteiger partial charge < -0.3 is 14.6 Å². The summed E-state index contributed by atoms with van der Waals surface area (Å²) in [6.45, 7) is 4.34. The summed E-state index contributed by atoms with van der Waals surface area (Å²) < 4.78 is 6.10. The van der Waals surface area contributed by atoms with E-state index in [0.29, 0.717) is 17.1 Å². The number of carbonyl (C=O) groups excluding carboxylic acids is 1. The van der Waals surface area contributed by atoms with Crippen LogP contribution in [-0.2, 0) is 11.3 Å². The van der Waals surface area contributed by atoms with Crippen LogP contribution < -0.4 is 5.32 Å². The molecule has 0 radical (unpaired) electrons. The Balaban J connectivity index is 1.95. The average molecular weight is 301 g/mol. The van der Waals surface area contributed by atoms with Crippen LogP contribution >= 0.6 is 15.9 Å². The molecule has 5 heteroatoms. The number of hydrogen-bond donors (Lipinski definition) is 1. The van der Waals surface area contributed by atoms with Crippen molar-refractivity contribution < 1.29 is 9.21 Å². The van der Waals surface area contributed by atoms with E-state index in [1.165, 1.54) is 0 Å². The zero-order valence-electron chi connectivity index (χ0n) is 10.1. The number of nitrogens with zero attached hydrogens (tertiary/aromatic N) is 1. The molecule has 1 saturated heterocycles. The third-order valence-electron chi connectivity index (χ3n) is 3.23. The molecule has 1 N–H and O–H groups in total. The second-order valence-corrected chi connectivity index (χ2v) is 5.42. The van der Waals surface area contributed by atoms with E-state index in [0.717, 1.165) is 18.8 Å². The van der Waals surface area contributed by atoms with E-state index in [2.05, 4.69) is 28.2 Å². The van der Waals surface area contributed by atoms with Gasteiger partial charge in [0.1, 0.15) is 5.76 Å². The Morgan fingerprint density at radius 1 is 1.59 bits per heavy atom. The van der Waals surface area contributed by atoms with Crippen molar-refractivity contribution in [1.82, 2.24) is 10.2 Å². The summed E-state index contributed by atoms with van der Waals surface area (Å²) in [5, 5.41) is 3.25. The van der Waals surface area contributed by atoms with Crippen molar-refractivity contribution in [3.8, 4) is 0 Å². The molecule has 2 heterocycles. The molecule has 1 amide bonds. The van der Waals surface area contributed by atoms with Gasteiger partial charge in [0.25, 0.3) is 0 Å². The Morgan fingerprint density at radius 3 is 2.88 bits per heavy atom. The maximum absolute atomic E-state index is 12.2. The predicted octanol–water partition coefficient (Wildman–Crippen LogP) is 1.86. The Hall–Kier alpha value is -0.810. The van der Waals surface area contributed by atoms with Crippen molar-refractivity contribution in [2.45, 2.75) is 13.5 Å². The fourth-order valence-corrected chi connectivity index (χ4v) is 2.51. The molecule has 1 aliphatic heterocycles. The molecule has 94 valence electrons. The molecule has 2 unspecified atom stereocenters. The number of hydrogen-bond acceptors (Lipinski definition) is 3. The molecular weight excluding hydrogens is 284 g/mol. The third-order valence-corrected chi connectivity index (χ3v) is 3.66. The van der Waals surface area contributed by atoms with Gasteiger partial charge in [0.2, 0.25) is 5.91 Å². The fraction of sp³-hybridized carbons (Fsp3) is 0.583. The largest absolute Gasteiger partial charge is 0.452 e. The molecule has 2 atom stereocenters. The molecule has 0 aliphatic carbocycles. The van der Waals surface area contributed by atoms with Gasteiger partial charge in [0, 0.05) is 13.6 Å². The highest BCUT2D eigenvalue weighted by molar-refractivity contribution is 9.10. The number of rotatable bonds is 3. The standard InChI is InChI=1S/C12H17BrN2O2/c1-8-5-14-6-10(8)12(16)15(2)7-9-3-4-11(13)17-9/h3-4,8,10,14H,5-7H2,1-2H3. The van der Waals surface area contributed by atoms with Crippen LogP contribution in [0.1, 0.15) is 12.7 Å². The molecule has 1 aliphatic rings. The average Bonchev–Trinajstić information content (AvgIpc) is 2.86. The molecule has 0 spiro atoms. The van der Waals surface area contributed by atoms with Gasteiger partial charge in [-0.05, 0) is 40.5 Å². The smallest absolute Gasteiger partial charge is 0.227 e. The van der Waals surface area contributed by atoms with Crippen LogP contribution in [0, 0.1) is 11.8 Å². The van der Waals surface area contributed by atoms with E-state index in [4.69, 9.17) is 4.42 Å². The lowest BCUT2D eigenvalue weighted by Crippen LogP contribution is -2.35. The Labute approximate surface area is 109 Å². The van der Waals surface area contributed by atoms with Gasteiger partial charge in [-0.25, -0.2) is 0 Å². The first kappa shape index (κ1) is 12.6. The first-order valence-electron chi connectivity index (χ1n) is 5.78. The van der Waals surface area contributed by atoms with Crippen LogP contribution in [-0.4, -0.2) is 30.9 Å². The maximum Gasteiger partial charge on any atom is 0.227 e. The minimum absolute atomic E-state index is 0.0957. The second kappa shape index (κ2) is 5.23. The van der Waals surface area contributed by atoms with E-state index >= 15 is 0 Å². The normalized spacial score (nSPS) is 23.9. The summed E-state index contributed by atoms with van der Waals surface area (Å²) in [6, 6.07) is 3.72. The molecule has 0 bridgehead atoms. The van der Waals surface area contributed by atoms with Gasteiger partial charge in [-0.3, -0.25) is 4.79 Å². The first-order chi connectivity index (χ1) is 8.08. The van der Waals surface area contributed by atoms with Crippen LogP contribution in [0.15, 0.2) is 21.2 Å². The second-order valence-electron chi connectivity index (χ2n) is 4.64. The van der Waals surface area contributed by atoms with Gasteiger partial charge in [0.05, 0.1) is 12.5 Å². The Kier molecular flexibility index (Phi) is 3.89. The summed E-state index contributed by atoms with van der Waals surface area (Å²) in [5.41, 5.74) is 0. The van der Waals surface area contributed by atoms with Crippen molar-refractivity contribution in [2.24, 2.45) is 11.8 Å². The van der Waals surface area contributed by atoms with E-state index < -0.39 is 0 Å². The lowest BCUT2D eigenvalue weighted by atomic mass is 9.97. The van der Waals surface area contributed by atoms with Gasteiger partial charge in [-0.2, -0.15) is 0 Å². The highest BCUT2D eigenvalue weighted by atomic mass is 79.9. The summed E-state index contributed by atoms with van der Waals surface area (Å²) >= 11 is 3.25. The van der Waals surface area contributed by atoms with Crippen LogP contribution in [0.2, 0.25) is 0 Å². The number of carbonyl (C=O) groups is 1. The van der Waals surface area contributed by atoms with E-state index in [1.54, 1.807) is 4.90 Å². The Bertz CT molecular complexity index is 405. The van der Waals surface area contributed by atoms with Gasteiger partial charge in [-0.1, -0.05) is 6.92 Å². The molecule has 1 aromatic rings. The number of halogens is 1. The monoisotopic (exact) mass is 300 g/mol. The van der Waals surface area contributed by atoms with E-state index in [9.17, 15) is 4.79 Å². The minimum Gasteiger partial charge on any atom is -0.452 e. The van der Waals surface area contributed by atoms with Crippen molar-refractivity contribution >= 4 is 21.8 Å². The molecule has 17 heavy (non-hydrogen) atoms. The number of furan rings is 1.